The number of anilines is 1. The monoisotopic (exact) mass is 529 g/mol. The van der Waals surface area contributed by atoms with Crippen molar-refractivity contribution >= 4 is 44.6 Å². The van der Waals surface area contributed by atoms with Crippen LogP contribution in [0, 0.1) is 0 Å². The summed E-state index contributed by atoms with van der Waals surface area (Å²) in [6.07, 6.45) is 5.86. The molecule has 4 heterocycles. The van der Waals surface area contributed by atoms with E-state index < -0.39 is 0 Å². The van der Waals surface area contributed by atoms with Gasteiger partial charge in [-0.3, -0.25) is 14.8 Å². The van der Waals surface area contributed by atoms with Gasteiger partial charge in [-0.25, -0.2) is 0 Å². The van der Waals surface area contributed by atoms with Crippen LogP contribution < -0.4 is 10.1 Å². The molecular weight excluding hydrogens is 502 g/mol. The number of benzene rings is 1. The Labute approximate surface area is 223 Å². The topological polar surface area (TPSA) is 103 Å². The fourth-order valence-corrected chi connectivity index (χ4v) is 5.16. The first kappa shape index (κ1) is 24.3. The van der Waals surface area contributed by atoms with Gasteiger partial charge in [0.15, 0.2) is 5.58 Å². The van der Waals surface area contributed by atoms with E-state index in [4.69, 9.17) is 13.9 Å². The summed E-state index contributed by atoms with van der Waals surface area (Å²) in [5, 5.41) is 3.29. The fourth-order valence-electron chi connectivity index (χ4n) is 4.12. The second-order valence-electron chi connectivity index (χ2n) is 9.29. The molecule has 0 aliphatic heterocycles. The molecule has 194 valence electrons. The van der Waals surface area contributed by atoms with Gasteiger partial charge in [0.1, 0.15) is 17.0 Å². The highest BCUT2D eigenvalue weighted by Crippen LogP contribution is 2.39. The van der Waals surface area contributed by atoms with Crippen LogP contribution in [0.2, 0.25) is 0 Å². The number of methoxy groups -OCH3 is 1. The molecule has 0 bridgehead atoms. The molecule has 38 heavy (non-hydrogen) atoms. The van der Waals surface area contributed by atoms with Crippen molar-refractivity contribution in [2.45, 2.75) is 32.4 Å². The van der Waals surface area contributed by atoms with Crippen LogP contribution in [0.5, 0.6) is 11.5 Å². The van der Waals surface area contributed by atoms with Crippen LogP contribution in [-0.2, 0) is 16.1 Å². The normalized spacial score (nSPS) is 13.2. The van der Waals surface area contributed by atoms with Crippen molar-refractivity contribution in [3.05, 3.63) is 60.4 Å². The third-order valence-corrected chi connectivity index (χ3v) is 7.49. The zero-order valence-electron chi connectivity index (χ0n) is 21.1. The number of pyridine rings is 2. The van der Waals surface area contributed by atoms with Gasteiger partial charge in [0, 0.05) is 57.7 Å². The number of ether oxygens (including phenoxy) is 2. The van der Waals surface area contributed by atoms with Gasteiger partial charge in [-0.15, -0.1) is 11.3 Å². The molecule has 0 radical (unpaired) electrons. The maximum Gasteiger partial charge on any atom is 0.295 e. The number of carbonyl (C=O) groups is 1. The van der Waals surface area contributed by atoms with E-state index in [1.54, 1.807) is 36.5 Å². The Morgan fingerprint density at radius 3 is 2.82 bits per heavy atom. The molecule has 1 aliphatic rings. The van der Waals surface area contributed by atoms with Crippen LogP contribution in [0.15, 0.2) is 59.3 Å². The number of rotatable bonds is 10. The molecule has 0 spiro atoms. The highest BCUT2D eigenvalue weighted by atomic mass is 32.1. The smallest absolute Gasteiger partial charge is 0.295 e. The van der Waals surface area contributed by atoms with Crippen molar-refractivity contribution in [3.63, 3.8) is 0 Å². The molecule has 0 atom stereocenters. The zero-order valence-corrected chi connectivity index (χ0v) is 22.0. The lowest BCUT2D eigenvalue weighted by molar-refractivity contribution is -0.130. The number of hydrogen-bond acceptors (Lipinski definition) is 9. The minimum absolute atomic E-state index is 0.00676. The van der Waals surface area contributed by atoms with Crippen molar-refractivity contribution in [3.8, 4) is 22.1 Å². The molecule has 1 aromatic carbocycles. The van der Waals surface area contributed by atoms with Crippen LogP contribution in [0.4, 0.5) is 6.01 Å². The first-order valence-electron chi connectivity index (χ1n) is 12.5. The molecule has 5 aromatic rings. The Hall–Kier alpha value is -4.02. The summed E-state index contributed by atoms with van der Waals surface area (Å²) >= 11 is 1.58. The minimum Gasteiger partial charge on any atom is -0.456 e. The summed E-state index contributed by atoms with van der Waals surface area (Å²) in [7, 11) is 1.63. The quantitative estimate of drug-likeness (QED) is 0.240. The van der Waals surface area contributed by atoms with E-state index in [-0.39, 0.29) is 5.91 Å². The van der Waals surface area contributed by atoms with Crippen molar-refractivity contribution in [1.82, 2.24) is 19.9 Å². The predicted molar refractivity (Wildman–Crippen MR) is 147 cm³/mol. The Kier molecular flexibility index (Phi) is 6.65. The Bertz CT molecular complexity index is 1590. The molecular formula is C28H27N5O4S. The third-order valence-electron chi connectivity index (χ3n) is 6.33. The summed E-state index contributed by atoms with van der Waals surface area (Å²) in [5.74, 6) is 1.40. The Morgan fingerprint density at radius 2 is 2.05 bits per heavy atom. The first-order valence-corrected chi connectivity index (χ1v) is 13.3. The van der Waals surface area contributed by atoms with E-state index in [0.29, 0.717) is 37.5 Å². The number of oxazole rings is 1. The Balaban J connectivity index is 1.21. The molecule has 1 fully saturated rings. The van der Waals surface area contributed by atoms with Crippen molar-refractivity contribution < 1.29 is 18.7 Å². The van der Waals surface area contributed by atoms with Crippen LogP contribution in [0.25, 0.3) is 31.9 Å². The summed E-state index contributed by atoms with van der Waals surface area (Å²) in [5.41, 5.74) is 4.11. The average molecular weight is 530 g/mol. The second-order valence-corrected chi connectivity index (χ2v) is 10.3. The van der Waals surface area contributed by atoms with Crippen molar-refractivity contribution in [2.75, 3.05) is 25.6 Å². The summed E-state index contributed by atoms with van der Waals surface area (Å²) in [6.45, 7) is 3.09. The number of nitrogens with one attached hydrogen (secondary N) is 1. The van der Waals surface area contributed by atoms with E-state index >= 15 is 0 Å². The largest absolute Gasteiger partial charge is 0.456 e. The number of carbonyl (C=O) groups excluding carboxylic acids is 1. The molecule has 1 N–H and O–H groups in total. The minimum atomic E-state index is 0.00676. The van der Waals surface area contributed by atoms with Gasteiger partial charge in [-0.1, -0.05) is 6.07 Å². The highest BCUT2D eigenvalue weighted by Gasteiger charge is 2.23. The average Bonchev–Trinajstić information content (AvgIpc) is 3.46. The third kappa shape index (κ3) is 5.32. The summed E-state index contributed by atoms with van der Waals surface area (Å²) < 4.78 is 18.1. The molecule has 1 amide bonds. The second kappa shape index (κ2) is 10.4. The van der Waals surface area contributed by atoms with Crippen molar-refractivity contribution in [2.24, 2.45) is 0 Å². The van der Waals surface area contributed by atoms with E-state index in [1.807, 2.05) is 48.7 Å². The van der Waals surface area contributed by atoms with Gasteiger partial charge >= 0.3 is 0 Å². The zero-order chi connectivity index (χ0) is 26.1. The van der Waals surface area contributed by atoms with Crippen molar-refractivity contribution in [1.29, 1.82) is 0 Å². The molecule has 9 nitrogen and oxygen atoms in total. The molecule has 10 heteroatoms. The molecule has 1 aliphatic carbocycles. The van der Waals surface area contributed by atoms with E-state index in [2.05, 4.69) is 20.3 Å². The molecule has 6 rings (SSSR count). The van der Waals surface area contributed by atoms with Gasteiger partial charge in [-0.05, 0) is 42.7 Å². The molecule has 0 unspecified atom stereocenters. The van der Waals surface area contributed by atoms with E-state index in [1.165, 1.54) is 0 Å². The van der Waals surface area contributed by atoms with Crippen LogP contribution >= 0.6 is 11.3 Å². The lowest BCUT2D eigenvalue weighted by Gasteiger charge is -2.20. The number of aromatic nitrogens is 3. The van der Waals surface area contributed by atoms with Gasteiger partial charge < -0.3 is 24.1 Å². The van der Waals surface area contributed by atoms with Crippen LogP contribution in [-0.4, -0.2) is 52.1 Å². The maximum absolute atomic E-state index is 11.9. The Morgan fingerprint density at radius 1 is 1.16 bits per heavy atom. The van der Waals surface area contributed by atoms with E-state index in [0.717, 1.165) is 56.0 Å². The molecule has 0 saturated heterocycles. The van der Waals surface area contributed by atoms with Gasteiger partial charge in [0.05, 0.1) is 27.4 Å². The molecule has 4 aromatic heterocycles. The fraction of sp³-hybridized carbons (Fsp3) is 0.286. The standard InChI is InChI=1S/C28H27N5O4S/c1-17(34)33(11-12-35-2)16-18-3-7-21(30-15-18)26-14-23-27(38-26)25(9-10-29-23)36-20-6-8-24-22(13-20)32-28(37-24)31-19-4-5-19/h3,6-10,13-15,19H,4-5,11-12,16H2,1-2H3,(H,31,32). The molecule has 1 saturated carbocycles. The van der Waals surface area contributed by atoms with Crippen LogP contribution in [0.3, 0.4) is 0 Å². The highest BCUT2D eigenvalue weighted by molar-refractivity contribution is 7.22. The number of nitrogens with zero attached hydrogens (tertiary/aromatic N) is 4. The maximum atomic E-state index is 11.9. The lowest BCUT2D eigenvalue weighted by atomic mass is 10.2. The van der Waals surface area contributed by atoms with Gasteiger partial charge in [-0.2, -0.15) is 4.98 Å². The number of fused-ring (bicyclic) bond motifs is 2. The lowest BCUT2D eigenvalue weighted by Crippen LogP contribution is -2.31. The van der Waals surface area contributed by atoms with E-state index in [9.17, 15) is 4.79 Å². The first-order chi connectivity index (χ1) is 18.6. The number of hydrogen-bond donors (Lipinski definition) is 1. The number of amides is 1. The summed E-state index contributed by atoms with van der Waals surface area (Å²) in [6, 6.07) is 14.5. The summed E-state index contributed by atoms with van der Waals surface area (Å²) in [4.78, 5) is 28.4. The van der Waals surface area contributed by atoms with Crippen LogP contribution in [0.1, 0.15) is 25.3 Å². The van der Waals surface area contributed by atoms with Gasteiger partial charge in [0.25, 0.3) is 6.01 Å². The predicted octanol–water partition coefficient (Wildman–Crippen LogP) is 5.86. The van der Waals surface area contributed by atoms with Gasteiger partial charge in [0.2, 0.25) is 5.91 Å². The SMILES string of the molecule is COCCN(Cc1ccc(-c2cc3nccc(Oc4ccc5oc(NC6CC6)nc5c4)c3s2)nc1)C(C)=O. The number of thiophene rings is 1.